The van der Waals surface area contributed by atoms with E-state index in [2.05, 4.69) is 5.32 Å². The van der Waals surface area contributed by atoms with Gasteiger partial charge >= 0.3 is 0 Å². The second kappa shape index (κ2) is 12.8. The first kappa shape index (κ1) is 26.8. The van der Waals surface area contributed by atoms with Crippen molar-refractivity contribution >= 4 is 35.0 Å². The number of carbonyl (C=O) groups excluding carboxylic acids is 2. The molecule has 184 valence electrons. The summed E-state index contributed by atoms with van der Waals surface area (Å²) < 4.78 is 0. The minimum Gasteiger partial charge on any atom is -0.354 e. The summed E-state index contributed by atoms with van der Waals surface area (Å²) in [6, 6.07) is 24.5. The molecular formula is C29H32Cl2N2O2. The van der Waals surface area contributed by atoms with Crippen LogP contribution >= 0.6 is 23.2 Å². The molecule has 0 fully saturated rings. The summed E-state index contributed by atoms with van der Waals surface area (Å²) in [7, 11) is 0. The van der Waals surface area contributed by atoms with Gasteiger partial charge in [0.25, 0.3) is 0 Å². The van der Waals surface area contributed by atoms with Gasteiger partial charge in [-0.2, -0.15) is 0 Å². The van der Waals surface area contributed by atoms with Crippen molar-refractivity contribution in [1.29, 1.82) is 0 Å². The van der Waals surface area contributed by atoms with Gasteiger partial charge in [-0.3, -0.25) is 9.59 Å². The topological polar surface area (TPSA) is 49.4 Å². The predicted octanol–water partition coefficient (Wildman–Crippen LogP) is 6.70. The van der Waals surface area contributed by atoms with E-state index >= 15 is 0 Å². The molecule has 0 radical (unpaired) electrons. The maximum absolute atomic E-state index is 13.8. The van der Waals surface area contributed by atoms with E-state index in [1.165, 1.54) is 0 Å². The fraction of sp³-hybridized carbons (Fsp3) is 0.310. The molecule has 4 nitrogen and oxygen atoms in total. The fourth-order valence-electron chi connectivity index (χ4n) is 3.96. The van der Waals surface area contributed by atoms with E-state index in [0.717, 1.165) is 16.7 Å². The first-order valence-corrected chi connectivity index (χ1v) is 12.6. The van der Waals surface area contributed by atoms with Crippen LogP contribution in [0.15, 0.2) is 78.9 Å². The molecule has 3 aromatic carbocycles. The van der Waals surface area contributed by atoms with E-state index < -0.39 is 6.04 Å². The van der Waals surface area contributed by atoms with Gasteiger partial charge in [0.1, 0.15) is 6.04 Å². The zero-order chi connectivity index (χ0) is 25.4. The zero-order valence-corrected chi connectivity index (χ0v) is 21.9. The smallest absolute Gasteiger partial charge is 0.242 e. The highest BCUT2D eigenvalue weighted by Gasteiger charge is 2.29. The van der Waals surface area contributed by atoms with Gasteiger partial charge < -0.3 is 10.2 Å². The summed E-state index contributed by atoms with van der Waals surface area (Å²) in [4.78, 5) is 28.4. The monoisotopic (exact) mass is 510 g/mol. The van der Waals surface area contributed by atoms with Gasteiger partial charge in [-0.25, -0.2) is 0 Å². The van der Waals surface area contributed by atoms with Crippen LogP contribution in [0.1, 0.15) is 49.8 Å². The summed E-state index contributed by atoms with van der Waals surface area (Å²) in [5, 5.41) is 3.94. The molecule has 0 heterocycles. The number of rotatable bonds is 10. The Morgan fingerprint density at radius 1 is 0.857 bits per heavy atom. The molecule has 35 heavy (non-hydrogen) atoms. The molecule has 0 saturated heterocycles. The predicted molar refractivity (Wildman–Crippen MR) is 144 cm³/mol. The van der Waals surface area contributed by atoms with E-state index in [1.54, 1.807) is 30.0 Å². The second-order valence-electron chi connectivity index (χ2n) is 9.15. The summed E-state index contributed by atoms with van der Waals surface area (Å²) in [6.07, 6.45) is 0.223. The second-order valence-corrected chi connectivity index (χ2v) is 9.99. The van der Waals surface area contributed by atoms with Gasteiger partial charge in [0.2, 0.25) is 11.8 Å². The van der Waals surface area contributed by atoms with Gasteiger partial charge in [0.15, 0.2) is 0 Å². The zero-order valence-electron chi connectivity index (χ0n) is 20.4. The van der Waals surface area contributed by atoms with Gasteiger partial charge in [0, 0.05) is 35.5 Å². The Morgan fingerprint density at radius 3 is 1.94 bits per heavy atom. The van der Waals surface area contributed by atoms with Crippen LogP contribution in [0.5, 0.6) is 0 Å². The van der Waals surface area contributed by atoms with Crippen molar-refractivity contribution in [3.63, 3.8) is 0 Å². The molecule has 0 bridgehead atoms. The molecule has 0 aliphatic carbocycles. The Bertz CT molecular complexity index is 1080. The van der Waals surface area contributed by atoms with Gasteiger partial charge in [-0.05, 0) is 41.7 Å². The van der Waals surface area contributed by atoms with Crippen molar-refractivity contribution < 1.29 is 9.59 Å². The molecule has 0 unspecified atom stereocenters. The molecule has 3 rings (SSSR count). The van der Waals surface area contributed by atoms with Gasteiger partial charge in [0.05, 0.1) is 0 Å². The fourth-order valence-corrected chi connectivity index (χ4v) is 4.43. The first-order valence-electron chi connectivity index (χ1n) is 11.9. The number of nitrogens with one attached hydrogen (secondary N) is 1. The quantitative estimate of drug-likeness (QED) is 0.329. The first-order chi connectivity index (χ1) is 16.8. The van der Waals surface area contributed by atoms with Crippen LogP contribution in [-0.4, -0.2) is 29.3 Å². The van der Waals surface area contributed by atoms with Crippen molar-refractivity contribution in [1.82, 2.24) is 10.2 Å². The largest absolute Gasteiger partial charge is 0.354 e. The van der Waals surface area contributed by atoms with E-state index in [0.29, 0.717) is 22.5 Å². The molecule has 0 spiro atoms. The lowest BCUT2D eigenvalue weighted by atomic mass is 9.88. The Labute approximate surface area is 218 Å². The van der Waals surface area contributed by atoms with Crippen molar-refractivity contribution in [3.05, 3.63) is 106 Å². The van der Waals surface area contributed by atoms with Crippen LogP contribution < -0.4 is 5.32 Å². The normalized spacial score (nSPS) is 12.0. The van der Waals surface area contributed by atoms with Gasteiger partial charge in [-0.1, -0.05) is 104 Å². The molecule has 6 heteroatoms. The van der Waals surface area contributed by atoms with Crippen molar-refractivity contribution in [2.24, 2.45) is 5.92 Å². The number of nitrogens with zero attached hydrogens (tertiary/aromatic N) is 1. The molecule has 0 aliphatic heterocycles. The summed E-state index contributed by atoms with van der Waals surface area (Å²) in [5.74, 6) is -0.144. The number of hydrogen-bond donors (Lipinski definition) is 1. The molecule has 1 atom stereocenters. The highest BCUT2D eigenvalue weighted by molar-refractivity contribution is 6.35. The van der Waals surface area contributed by atoms with Crippen LogP contribution in [0.2, 0.25) is 10.0 Å². The molecular weight excluding hydrogens is 479 g/mol. The molecule has 3 aromatic rings. The van der Waals surface area contributed by atoms with Crippen LogP contribution in [0, 0.1) is 5.92 Å². The average molecular weight is 511 g/mol. The standard InChI is InChI=1S/C29H32Cl2N2O2/c1-20(2)18-32-29(35)21(3)33(19-24-14-15-25(30)16-27(24)31)28(34)17-26(22-10-6-4-7-11-22)23-12-8-5-9-13-23/h4-16,20-21,26H,17-19H2,1-3H3,(H,32,35)/t21-/m0/s1. The molecule has 0 aliphatic rings. The summed E-state index contributed by atoms with van der Waals surface area (Å²) >= 11 is 12.5. The molecule has 2 amide bonds. The number of halogens is 2. The lowest BCUT2D eigenvalue weighted by molar-refractivity contribution is -0.140. The third-order valence-corrected chi connectivity index (χ3v) is 6.58. The number of amides is 2. The summed E-state index contributed by atoms with van der Waals surface area (Å²) in [6.45, 7) is 6.58. The maximum Gasteiger partial charge on any atom is 0.242 e. The third kappa shape index (κ3) is 7.58. The average Bonchev–Trinajstić information content (AvgIpc) is 2.86. The number of hydrogen-bond acceptors (Lipinski definition) is 2. The molecule has 1 N–H and O–H groups in total. The lowest BCUT2D eigenvalue weighted by Crippen LogP contribution is -2.48. The minimum atomic E-state index is -0.666. The van der Waals surface area contributed by atoms with E-state index in [4.69, 9.17) is 23.2 Å². The minimum absolute atomic E-state index is 0.124. The lowest BCUT2D eigenvalue weighted by Gasteiger charge is -2.31. The summed E-state index contributed by atoms with van der Waals surface area (Å²) in [5.41, 5.74) is 2.84. The van der Waals surface area contributed by atoms with Crippen LogP contribution in [0.3, 0.4) is 0 Å². The van der Waals surface area contributed by atoms with Crippen LogP contribution in [0.25, 0.3) is 0 Å². The molecule has 0 aromatic heterocycles. The van der Waals surface area contributed by atoms with E-state index in [1.807, 2.05) is 74.5 Å². The Balaban J connectivity index is 1.92. The van der Waals surface area contributed by atoms with Crippen molar-refractivity contribution in [2.75, 3.05) is 6.54 Å². The maximum atomic E-state index is 13.8. The number of carbonyl (C=O) groups is 2. The SMILES string of the molecule is CC(C)CNC(=O)[C@H](C)N(Cc1ccc(Cl)cc1Cl)C(=O)CC(c1ccccc1)c1ccccc1. The van der Waals surface area contributed by atoms with Gasteiger partial charge in [-0.15, -0.1) is 0 Å². The van der Waals surface area contributed by atoms with E-state index in [9.17, 15) is 9.59 Å². The number of benzene rings is 3. The Kier molecular flexibility index (Phi) is 9.76. The van der Waals surface area contributed by atoms with Crippen LogP contribution in [-0.2, 0) is 16.1 Å². The van der Waals surface area contributed by atoms with Crippen molar-refractivity contribution in [3.8, 4) is 0 Å². The third-order valence-electron chi connectivity index (χ3n) is 5.99. The highest BCUT2D eigenvalue weighted by Crippen LogP contribution is 2.30. The van der Waals surface area contributed by atoms with Crippen LogP contribution in [0.4, 0.5) is 0 Å². The Hall–Kier alpha value is -2.82. The van der Waals surface area contributed by atoms with Crippen molar-refractivity contribution in [2.45, 2.75) is 45.7 Å². The molecule has 0 saturated carbocycles. The van der Waals surface area contributed by atoms with E-state index in [-0.39, 0.29) is 30.7 Å². The Morgan fingerprint density at radius 2 is 1.43 bits per heavy atom. The highest BCUT2D eigenvalue weighted by atomic mass is 35.5.